The van der Waals surface area contributed by atoms with Crippen molar-refractivity contribution < 1.29 is 41.0 Å². The summed E-state index contributed by atoms with van der Waals surface area (Å²) in [6, 6.07) is 3.27. The fourth-order valence-corrected chi connectivity index (χ4v) is 2.22. The predicted molar refractivity (Wildman–Crippen MR) is 65.9 cm³/mol. The number of carboxylic acids is 1. The highest BCUT2D eigenvalue weighted by Gasteiger charge is 2.52. The molecule has 1 aliphatic rings. The average molecular weight is 354 g/mol. The molecule has 1 saturated heterocycles. The van der Waals surface area contributed by atoms with Crippen molar-refractivity contribution in [2.75, 3.05) is 11.4 Å². The van der Waals surface area contributed by atoms with Crippen LogP contribution in [0, 0.1) is 11.3 Å². The van der Waals surface area contributed by atoms with Crippen LogP contribution < -0.4 is 4.90 Å². The van der Waals surface area contributed by atoms with Gasteiger partial charge in [0.15, 0.2) is 6.10 Å². The van der Waals surface area contributed by atoms with Crippen molar-refractivity contribution in [3.63, 3.8) is 0 Å². The van der Waals surface area contributed by atoms with Crippen molar-refractivity contribution in [1.82, 2.24) is 0 Å². The molecular weight excluding hydrogens is 346 g/mol. The van der Waals surface area contributed by atoms with Crippen LogP contribution in [-0.4, -0.2) is 36.1 Å². The number of hydrogen-bond donors (Lipinski definition) is 1. The molecule has 0 aromatic heterocycles. The van der Waals surface area contributed by atoms with Gasteiger partial charge < -0.3 is 14.7 Å². The van der Waals surface area contributed by atoms with Crippen LogP contribution in [0.4, 0.5) is 32.0 Å². The molecule has 1 heterocycles. The highest BCUT2D eigenvalue weighted by Crippen LogP contribution is 2.39. The maximum absolute atomic E-state index is 13.0. The first-order valence-corrected chi connectivity index (χ1v) is 6.28. The lowest BCUT2D eigenvalue weighted by Crippen LogP contribution is -2.42. The molecule has 0 amide bonds. The zero-order chi connectivity index (χ0) is 18.3. The molecule has 5 nitrogen and oxygen atoms in total. The van der Waals surface area contributed by atoms with E-state index in [2.05, 4.69) is 4.74 Å². The fraction of sp³-hybridized carbons (Fsp3) is 0.385. The van der Waals surface area contributed by atoms with Crippen LogP contribution in [0.25, 0.3) is 0 Å². The molecule has 2 rings (SSSR count). The number of halogens is 6. The van der Waals surface area contributed by atoms with Gasteiger partial charge in [-0.3, -0.25) is 0 Å². The van der Waals surface area contributed by atoms with Crippen LogP contribution in [0.15, 0.2) is 18.2 Å². The highest BCUT2D eigenvalue weighted by atomic mass is 19.4. The number of benzene rings is 1. The number of nitrogens with zero attached hydrogens (tertiary/aromatic N) is 2. The summed E-state index contributed by atoms with van der Waals surface area (Å²) in [5, 5.41) is 17.5. The summed E-state index contributed by atoms with van der Waals surface area (Å²) in [7, 11) is 0. The first-order valence-electron chi connectivity index (χ1n) is 6.28. The minimum absolute atomic E-state index is 0.366. The summed E-state index contributed by atoms with van der Waals surface area (Å²) in [5.74, 6) is -1.67. The topological polar surface area (TPSA) is 73.6 Å². The van der Waals surface area contributed by atoms with E-state index in [9.17, 15) is 31.1 Å². The van der Waals surface area contributed by atoms with E-state index in [1.165, 1.54) is 6.07 Å². The highest BCUT2D eigenvalue weighted by molar-refractivity contribution is 5.74. The molecule has 2 atom stereocenters. The van der Waals surface area contributed by atoms with E-state index >= 15 is 0 Å². The molecule has 0 aliphatic carbocycles. The molecule has 1 aromatic carbocycles. The molecule has 0 spiro atoms. The minimum Gasteiger partial charge on any atom is -0.479 e. The summed E-state index contributed by atoms with van der Waals surface area (Å²) in [6.07, 6.45) is -14.5. The Morgan fingerprint density at radius 2 is 1.92 bits per heavy atom. The Kier molecular flexibility index (Phi) is 4.36. The van der Waals surface area contributed by atoms with Gasteiger partial charge in [0.1, 0.15) is 0 Å². The van der Waals surface area contributed by atoms with Crippen LogP contribution in [0.1, 0.15) is 11.1 Å². The Hall–Kier alpha value is -2.48. The molecule has 11 heteroatoms. The van der Waals surface area contributed by atoms with Gasteiger partial charge in [0.2, 0.25) is 6.23 Å². The van der Waals surface area contributed by atoms with Crippen molar-refractivity contribution in [2.45, 2.75) is 24.7 Å². The number of nitriles is 1. The minimum atomic E-state index is -5.02. The van der Waals surface area contributed by atoms with Gasteiger partial charge in [-0.25, -0.2) is 4.79 Å². The maximum atomic E-state index is 13.0. The van der Waals surface area contributed by atoms with Gasteiger partial charge in [-0.15, -0.1) is 0 Å². The van der Waals surface area contributed by atoms with Gasteiger partial charge in [0.05, 0.1) is 23.7 Å². The van der Waals surface area contributed by atoms with Crippen molar-refractivity contribution in [3.05, 3.63) is 29.3 Å². The Balaban J connectivity index is 2.49. The third-order valence-electron chi connectivity index (χ3n) is 3.25. The molecule has 1 fully saturated rings. The Morgan fingerprint density at radius 1 is 1.29 bits per heavy atom. The molecule has 130 valence electrons. The van der Waals surface area contributed by atoms with Gasteiger partial charge in [0.25, 0.3) is 0 Å². The maximum Gasteiger partial charge on any atom is 0.433 e. The number of aliphatic carboxylic acids is 1. The molecule has 1 N–H and O–H groups in total. The zero-order valence-electron chi connectivity index (χ0n) is 11.5. The van der Waals surface area contributed by atoms with Gasteiger partial charge in [-0.1, -0.05) is 0 Å². The van der Waals surface area contributed by atoms with Crippen LogP contribution in [0.3, 0.4) is 0 Å². The van der Waals surface area contributed by atoms with E-state index < -0.39 is 54.0 Å². The Labute approximate surface area is 130 Å². The second-order valence-corrected chi connectivity index (χ2v) is 4.85. The summed E-state index contributed by atoms with van der Waals surface area (Å²) < 4.78 is 82.1. The second-order valence-electron chi connectivity index (χ2n) is 4.85. The standard InChI is InChI=1S/C13H8F6N2O3/c14-12(15,16)8-3-7(2-1-6(8)4-20)21-5-9(10(22)23)24-11(21)13(17,18)19/h1-3,9,11H,5H2,(H,22,23)/t9-,11+/m0/s1. The molecule has 0 saturated carbocycles. The Bertz CT molecular complexity index is 694. The molecule has 24 heavy (non-hydrogen) atoms. The first kappa shape index (κ1) is 17.9. The van der Waals surface area contributed by atoms with Crippen LogP contribution in [0.2, 0.25) is 0 Å². The SMILES string of the molecule is N#Cc1ccc(N2C[C@@H](C(=O)O)O[C@@H]2C(F)(F)F)cc1C(F)(F)F. The van der Waals surface area contributed by atoms with Crippen molar-refractivity contribution in [1.29, 1.82) is 5.26 Å². The van der Waals surface area contributed by atoms with E-state index in [4.69, 9.17) is 10.4 Å². The van der Waals surface area contributed by atoms with E-state index in [1.807, 2.05) is 0 Å². The lowest BCUT2D eigenvalue weighted by molar-refractivity contribution is -0.215. The predicted octanol–water partition coefficient (Wildman–Crippen LogP) is 2.76. The van der Waals surface area contributed by atoms with E-state index in [-0.39, 0.29) is 0 Å². The molecular formula is C13H8F6N2O3. The molecule has 0 radical (unpaired) electrons. The Morgan fingerprint density at radius 3 is 2.38 bits per heavy atom. The number of hydrogen-bond acceptors (Lipinski definition) is 4. The molecule has 0 bridgehead atoms. The molecule has 1 aliphatic heterocycles. The van der Waals surface area contributed by atoms with Gasteiger partial charge in [-0.2, -0.15) is 31.6 Å². The number of rotatable bonds is 2. The molecule has 0 unspecified atom stereocenters. The third kappa shape index (κ3) is 3.38. The summed E-state index contributed by atoms with van der Waals surface area (Å²) in [6.45, 7) is -0.789. The van der Waals surface area contributed by atoms with Gasteiger partial charge in [-0.05, 0) is 18.2 Å². The number of carbonyl (C=O) groups is 1. The fourth-order valence-electron chi connectivity index (χ4n) is 2.22. The van der Waals surface area contributed by atoms with Crippen molar-refractivity contribution >= 4 is 11.7 Å². The summed E-state index contributed by atoms with van der Waals surface area (Å²) in [4.78, 5) is 11.2. The lowest BCUT2D eigenvalue weighted by atomic mass is 10.1. The lowest BCUT2D eigenvalue weighted by Gasteiger charge is -2.27. The second kappa shape index (κ2) is 5.86. The van der Waals surface area contributed by atoms with Crippen LogP contribution in [0.5, 0.6) is 0 Å². The normalized spacial score (nSPS) is 21.6. The van der Waals surface area contributed by atoms with E-state index in [0.717, 1.165) is 12.1 Å². The average Bonchev–Trinajstić information content (AvgIpc) is 2.91. The number of carboxylic acid groups (broad SMARTS) is 1. The first-order chi connectivity index (χ1) is 10.9. The summed E-state index contributed by atoms with van der Waals surface area (Å²) in [5.41, 5.74) is -2.72. The number of ether oxygens (including phenoxy) is 1. The number of alkyl halides is 6. The monoisotopic (exact) mass is 354 g/mol. The smallest absolute Gasteiger partial charge is 0.433 e. The van der Waals surface area contributed by atoms with Gasteiger partial charge >= 0.3 is 18.3 Å². The third-order valence-corrected chi connectivity index (χ3v) is 3.25. The van der Waals surface area contributed by atoms with Crippen molar-refractivity contribution in [3.8, 4) is 6.07 Å². The van der Waals surface area contributed by atoms with Crippen molar-refractivity contribution in [2.24, 2.45) is 0 Å². The van der Waals surface area contributed by atoms with E-state index in [1.54, 1.807) is 0 Å². The van der Waals surface area contributed by atoms with Crippen LogP contribution in [-0.2, 0) is 15.7 Å². The zero-order valence-corrected chi connectivity index (χ0v) is 11.5. The van der Waals surface area contributed by atoms with E-state index in [0.29, 0.717) is 11.0 Å². The largest absolute Gasteiger partial charge is 0.479 e. The van der Waals surface area contributed by atoms with Gasteiger partial charge in [0, 0.05) is 5.69 Å². The van der Waals surface area contributed by atoms with Crippen LogP contribution >= 0.6 is 0 Å². The molecule has 1 aromatic rings. The summed E-state index contributed by atoms with van der Waals surface area (Å²) >= 11 is 0. The number of anilines is 1. The quantitative estimate of drug-likeness (QED) is 0.827.